The second-order valence-electron chi connectivity index (χ2n) is 4.86. The first-order valence-corrected chi connectivity index (χ1v) is 5.10. The third-order valence-electron chi connectivity index (χ3n) is 2.50. The monoisotopic (exact) mass is 209 g/mol. The minimum Gasteiger partial charge on any atom is -0.395 e. The largest absolute Gasteiger partial charge is 0.395 e. The summed E-state index contributed by atoms with van der Waals surface area (Å²) in [6.07, 6.45) is 0. The van der Waals surface area contributed by atoms with Crippen molar-refractivity contribution in [2.45, 2.75) is 33.1 Å². The van der Waals surface area contributed by atoms with Gasteiger partial charge in [-0.15, -0.1) is 0 Å². The molecular weight excluding hydrogens is 191 g/mol. The minimum absolute atomic E-state index is 0.107. The molecule has 0 bridgehead atoms. The molecule has 15 heavy (non-hydrogen) atoms. The maximum absolute atomic E-state index is 14.1. The van der Waals surface area contributed by atoms with E-state index in [0.29, 0.717) is 17.0 Å². The Balaban J connectivity index is 3.23. The predicted octanol–water partition coefficient (Wildman–Crippen LogP) is 3.06. The molecule has 0 saturated heterocycles. The second kappa shape index (κ2) is 4.31. The summed E-state index contributed by atoms with van der Waals surface area (Å²) in [7, 11) is 0. The molecule has 1 aromatic carbocycles. The molecule has 0 fully saturated rings. The van der Waals surface area contributed by atoms with Gasteiger partial charge in [0.15, 0.2) is 0 Å². The number of benzene rings is 1. The lowest BCUT2D eigenvalue weighted by molar-refractivity contribution is 0.313. The Morgan fingerprint density at radius 1 is 1.33 bits per heavy atom. The molecule has 2 heteroatoms. The Kier molecular flexibility index (Phi) is 3.50. The van der Waals surface area contributed by atoms with Gasteiger partial charge in [0.1, 0.15) is 5.82 Å². The fraction of sp³-hybridized carbons (Fsp3) is 0.462. The molecule has 0 aromatic heterocycles. The molecule has 0 aliphatic rings. The fourth-order valence-electron chi connectivity index (χ4n) is 1.53. The lowest BCUT2D eigenvalue weighted by atomic mass is 9.84. The van der Waals surface area contributed by atoms with Gasteiger partial charge in [-0.25, -0.2) is 4.39 Å². The first-order chi connectivity index (χ1) is 6.88. The minimum atomic E-state index is -0.212. The summed E-state index contributed by atoms with van der Waals surface area (Å²) in [4.78, 5) is 0. The molecule has 1 aromatic rings. The van der Waals surface area contributed by atoms with Gasteiger partial charge in [0.2, 0.25) is 0 Å². The van der Waals surface area contributed by atoms with E-state index in [9.17, 15) is 4.39 Å². The average molecular weight is 209 g/mol. The topological polar surface area (TPSA) is 20.2 Å². The van der Waals surface area contributed by atoms with Crippen LogP contribution in [0.15, 0.2) is 18.2 Å². The summed E-state index contributed by atoms with van der Waals surface area (Å²) in [6, 6.07) is 5.33. The van der Waals surface area contributed by atoms with Crippen molar-refractivity contribution in [1.29, 1.82) is 0 Å². The Bertz CT molecular complexity index is 339. The normalized spacial score (nSPS) is 12.2. The molecule has 0 aliphatic heterocycles. The zero-order chi connectivity index (χ0) is 11.6. The van der Waals surface area contributed by atoms with Crippen LogP contribution in [0.5, 0.6) is 0 Å². The molecule has 1 N–H and O–H groups in total. The molecule has 0 amide bonds. The van der Waals surface area contributed by atoms with Crippen molar-refractivity contribution >= 4 is 0 Å². The van der Waals surface area contributed by atoms with Crippen LogP contribution in [0.25, 0.3) is 0 Å². The maximum Gasteiger partial charge on any atom is 0.130 e. The number of aliphatic hydroxyl groups excluding tert-OH is 1. The van der Waals surface area contributed by atoms with Crippen molar-refractivity contribution in [3.63, 3.8) is 0 Å². The fourth-order valence-corrected chi connectivity index (χ4v) is 1.53. The molecule has 1 nitrogen and oxygen atoms in total. The second-order valence-corrected chi connectivity index (χ2v) is 4.86. The van der Waals surface area contributed by atoms with Crippen molar-refractivity contribution < 1.29 is 9.50 Å². The number of hydrogen-bond donors (Lipinski definition) is 1. The molecule has 0 unspecified atom stereocenters. The molecule has 0 atom stereocenters. The summed E-state index contributed by atoms with van der Waals surface area (Å²) >= 11 is 0. The number of halogens is 1. The van der Waals surface area contributed by atoms with Crippen LogP contribution < -0.4 is 0 Å². The van der Waals surface area contributed by atoms with Crippen LogP contribution in [0.2, 0.25) is 0 Å². The van der Waals surface area contributed by atoms with Crippen LogP contribution in [0.1, 0.15) is 38.8 Å². The Morgan fingerprint density at radius 2 is 1.93 bits per heavy atom. The molecule has 0 saturated carbocycles. The van der Waals surface area contributed by atoms with E-state index in [-0.39, 0.29) is 17.8 Å². The van der Waals surface area contributed by atoms with Gasteiger partial charge in [-0.2, -0.15) is 0 Å². The Morgan fingerprint density at radius 3 is 2.40 bits per heavy atom. The SMILES string of the molecule is C[C](CO)c1cccc(C(C)(C)C)c1F. The van der Waals surface area contributed by atoms with Gasteiger partial charge in [-0.1, -0.05) is 45.9 Å². The van der Waals surface area contributed by atoms with E-state index >= 15 is 0 Å². The van der Waals surface area contributed by atoms with Crippen molar-refractivity contribution in [3.8, 4) is 0 Å². The van der Waals surface area contributed by atoms with E-state index in [1.807, 2.05) is 26.8 Å². The third kappa shape index (κ3) is 2.57. The van der Waals surface area contributed by atoms with Crippen LogP contribution in [0.4, 0.5) is 4.39 Å². The summed E-state index contributed by atoms with van der Waals surface area (Å²) < 4.78 is 14.1. The van der Waals surface area contributed by atoms with E-state index in [1.165, 1.54) is 0 Å². The number of aliphatic hydroxyl groups is 1. The quantitative estimate of drug-likeness (QED) is 0.793. The predicted molar refractivity (Wildman–Crippen MR) is 60.2 cm³/mol. The molecule has 0 aliphatic carbocycles. The van der Waals surface area contributed by atoms with Crippen LogP contribution in [0.3, 0.4) is 0 Å². The molecule has 1 radical (unpaired) electrons. The highest BCUT2D eigenvalue weighted by atomic mass is 19.1. The van der Waals surface area contributed by atoms with E-state index in [0.717, 1.165) is 0 Å². The molecule has 0 spiro atoms. The first-order valence-electron chi connectivity index (χ1n) is 5.10. The zero-order valence-corrected chi connectivity index (χ0v) is 9.76. The van der Waals surface area contributed by atoms with Gasteiger partial charge in [0.25, 0.3) is 0 Å². The van der Waals surface area contributed by atoms with E-state index in [2.05, 4.69) is 0 Å². The average Bonchev–Trinajstić information content (AvgIpc) is 2.15. The highest BCUT2D eigenvalue weighted by Gasteiger charge is 2.21. The highest BCUT2D eigenvalue weighted by Crippen LogP contribution is 2.29. The molecule has 83 valence electrons. The summed E-state index contributed by atoms with van der Waals surface area (Å²) in [5, 5.41) is 9.00. The van der Waals surface area contributed by atoms with Gasteiger partial charge < -0.3 is 5.11 Å². The molecular formula is C13H18FO. The number of rotatable bonds is 2. The molecule has 0 heterocycles. The van der Waals surface area contributed by atoms with Crippen molar-refractivity contribution in [3.05, 3.63) is 41.1 Å². The van der Waals surface area contributed by atoms with Crippen LogP contribution >= 0.6 is 0 Å². The van der Waals surface area contributed by atoms with Crippen LogP contribution in [-0.2, 0) is 5.41 Å². The first kappa shape index (κ1) is 12.2. The maximum atomic E-state index is 14.1. The summed E-state index contributed by atoms with van der Waals surface area (Å²) in [5.41, 5.74) is 0.994. The highest BCUT2D eigenvalue weighted by molar-refractivity contribution is 5.38. The van der Waals surface area contributed by atoms with Crippen molar-refractivity contribution in [1.82, 2.24) is 0 Å². The van der Waals surface area contributed by atoms with Crippen LogP contribution in [0, 0.1) is 11.7 Å². The lowest BCUT2D eigenvalue weighted by Gasteiger charge is -2.22. The standard InChI is InChI=1S/C13H18FO/c1-9(8-15)10-6-5-7-11(12(10)14)13(2,3)4/h5-7,15H,8H2,1-4H3. The third-order valence-corrected chi connectivity index (χ3v) is 2.50. The summed E-state index contributed by atoms with van der Waals surface area (Å²) in [6.45, 7) is 7.56. The van der Waals surface area contributed by atoms with Gasteiger partial charge >= 0.3 is 0 Å². The van der Waals surface area contributed by atoms with Gasteiger partial charge in [-0.05, 0) is 16.5 Å². The smallest absolute Gasteiger partial charge is 0.130 e. The Labute approximate surface area is 90.9 Å². The van der Waals surface area contributed by atoms with E-state index in [1.54, 1.807) is 19.1 Å². The van der Waals surface area contributed by atoms with Gasteiger partial charge in [0.05, 0.1) is 6.61 Å². The van der Waals surface area contributed by atoms with Gasteiger partial charge in [-0.3, -0.25) is 0 Å². The van der Waals surface area contributed by atoms with E-state index in [4.69, 9.17) is 5.11 Å². The van der Waals surface area contributed by atoms with Crippen molar-refractivity contribution in [2.24, 2.45) is 0 Å². The summed E-state index contributed by atoms with van der Waals surface area (Å²) in [5.74, 6) is 0.454. The zero-order valence-electron chi connectivity index (χ0n) is 9.76. The molecule has 1 rings (SSSR count). The van der Waals surface area contributed by atoms with Gasteiger partial charge in [0, 0.05) is 5.92 Å². The van der Waals surface area contributed by atoms with E-state index < -0.39 is 0 Å². The Hall–Kier alpha value is -0.890. The number of hydrogen-bond acceptors (Lipinski definition) is 1. The lowest BCUT2D eigenvalue weighted by Crippen LogP contribution is -2.16. The van der Waals surface area contributed by atoms with Crippen molar-refractivity contribution in [2.75, 3.05) is 6.61 Å². The van der Waals surface area contributed by atoms with Crippen LogP contribution in [-0.4, -0.2) is 11.7 Å².